The minimum Gasteiger partial charge on any atom is -0.413 e. The molecule has 0 radical (unpaired) electrons. The van der Waals surface area contributed by atoms with Gasteiger partial charge in [-0.15, -0.1) is 0 Å². The van der Waals surface area contributed by atoms with Crippen LogP contribution in [0.1, 0.15) is 38.0 Å². The summed E-state index contributed by atoms with van der Waals surface area (Å²) >= 11 is 6.35. The molecule has 1 atom stereocenters. The molecule has 0 fully saturated rings. The second-order valence-corrected chi connectivity index (χ2v) is 9.04. The van der Waals surface area contributed by atoms with Crippen LogP contribution >= 0.6 is 11.6 Å². The highest BCUT2D eigenvalue weighted by Gasteiger charge is 2.29. The summed E-state index contributed by atoms with van der Waals surface area (Å²) in [5, 5.41) is 9.81. The largest absolute Gasteiger partial charge is 0.413 e. The zero-order chi connectivity index (χ0) is 14.6. The second kappa shape index (κ2) is 6.89. The van der Waals surface area contributed by atoms with Gasteiger partial charge < -0.3 is 9.53 Å². The molecule has 0 saturated carbocycles. The molecule has 2 nitrogen and oxygen atoms in total. The molecule has 1 N–H and O–H groups in total. The van der Waals surface area contributed by atoms with Crippen molar-refractivity contribution in [1.82, 2.24) is 0 Å². The summed E-state index contributed by atoms with van der Waals surface area (Å²) < 4.78 is 6.21. The van der Waals surface area contributed by atoms with Crippen molar-refractivity contribution in [3.05, 3.63) is 34.3 Å². The summed E-state index contributed by atoms with van der Waals surface area (Å²) in [7, 11) is -1.16. The van der Waals surface area contributed by atoms with E-state index in [0.29, 0.717) is 6.42 Å². The highest BCUT2D eigenvalue weighted by Crippen LogP contribution is 2.40. The van der Waals surface area contributed by atoms with Crippen LogP contribution in [0.4, 0.5) is 0 Å². The lowest BCUT2D eigenvalue weighted by Gasteiger charge is -2.33. The second-order valence-electron chi connectivity index (χ2n) is 6.26. The molecule has 1 aromatic carbocycles. The zero-order valence-electron chi connectivity index (χ0n) is 12.5. The molecule has 108 valence electrons. The maximum absolute atomic E-state index is 9.07. The zero-order valence-corrected chi connectivity index (χ0v) is 14.4. The Morgan fingerprint density at radius 3 is 2.42 bits per heavy atom. The van der Waals surface area contributed by atoms with Crippen LogP contribution in [-0.2, 0) is 10.8 Å². The minimum atomic E-state index is -1.16. The van der Waals surface area contributed by atoms with Crippen LogP contribution < -0.4 is 0 Å². The molecule has 1 unspecified atom stereocenters. The normalized spacial score (nSPS) is 13.9. The van der Waals surface area contributed by atoms with Crippen molar-refractivity contribution in [2.75, 3.05) is 6.61 Å². The molecule has 0 saturated heterocycles. The molecule has 1 aromatic rings. The summed E-state index contributed by atoms with van der Waals surface area (Å²) in [5.74, 6) is 0. The number of aliphatic hydroxyl groups is 1. The van der Waals surface area contributed by atoms with Crippen LogP contribution in [0.2, 0.25) is 18.1 Å². The number of halogens is 1. The fourth-order valence-corrected chi connectivity index (χ4v) is 3.41. The SMILES string of the molecule is C[SiH](C)OC(c1cc(CCO)ccc1Cl)C(C)(C)C. The lowest BCUT2D eigenvalue weighted by atomic mass is 9.84. The van der Waals surface area contributed by atoms with E-state index in [4.69, 9.17) is 21.1 Å². The number of hydrogen-bond acceptors (Lipinski definition) is 2. The third-order valence-electron chi connectivity index (χ3n) is 2.94. The van der Waals surface area contributed by atoms with Gasteiger partial charge in [0.25, 0.3) is 0 Å². The van der Waals surface area contributed by atoms with Gasteiger partial charge in [-0.05, 0) is 42.1 Å². The van der Waals surface area contributed by atoms with E-state index in [0.717, 1.165) is 16.1 Å². The van der Waals surface area contributed by atoms with E-state index in [1.807, 2.05) is 12.1 Å². The third-order valence-corrected chi connectivity index (χ3v) is 4.10. The van der Waals surface area contributed by atoms with Gasteiger partial charge in [-0.2, -0.15) is 0 Å². The van der Waals surface area contributed by atoms with E-state index in [1.165, 1.54) is 0 Å². The van der Waals surface area contributed by atoms with Crippen molar-refractivity contribution < 1.29 is 9.53 Å². The lowest BCUT2D eigenvalue weighted by Crippen LogP contribution is -2.26. The summed E-state index contributed by atoms with van der Waals surface area (Å²) in [6, 6.07) is 5.95. The van der Waals surface area contributed by atoms with E-state index in [1.54, 1.807) is 0 Å². The molecular formula is C15H25ClO2Si. The molecule has 1 rings (SSSR count). The topological polar surface area (TPSA) is 29.5 Å². The maximum Gasteiger partial charge on any atom is 0.171 e. The predicted molar refractivity (Wildman–Crippen MR) is 84.4 cm³/mol. The van der Waals surface area contributed by atoms with E-state index >= 15 is 0 Å². The van der Waals surface area contributed by atoms with Gasteiger partial charge in [0.15, 0.2) is 9.04 Å². The van der Waals surface area contributed by atoms with Crippen LogP contribution in [0.5, 0.6) is 0 Å². The number of benzene rings is 1. The van der Waals surface area contributed by atoms with Crippen molar-refractivity contribution >= 4 is 20.6 Å². The summed E-state index contributed by atoms with van der Waals surface area (Å²) in [4.78, 5) is 0. The van der Waals surface area contributed by atoms with E-state index in [9.17, 15) is 0 Å². The number of aliphatic hydroxyl groups excluding tert-OH is 1. The Kier molecular flexibility index (Phi) is 6.05. The molecule has 0 amide bonds. The van der Waals surface area contributed by atoms with Crippen LogP contribution in [-0.4, -0.2) is 20.8 Å². The van der Waals surface area contributed by atoms with Gasteiger partial charge in [0, 0.05) is 11.6 Å². The summed E-state index contributed by atoms with van der Waals surface area (Å²) in [6.07, 6.45) is 0.658. The molecule has 0 heterocycles. The number of rotatable bonds is 5. The van der Waals surface area contributed by atoms with Crippen molar-refractivity contribution in [3.63, 3.8) is 0 Å². The van der Waals surface area contributed by atoms with Gasteiger partial charge in [0.1, 0.15) is 0 Å². The van der Waals surface area contributed by atoms with Crippen LogP contribution in [0.25, 0.3) is 0 Å². The van der Waals surface area contributed by atoms with Crippen LogP contribution in [0.15, 0.2) is 18.2 Å². The Labute approximate surface area is 123 Å². The number of hydrogen-bond donors (Lipinski definition) is 1. The average molecular weight is 301 g/mol. The smallest absolute Gasteiger partial charge is 0.171 e. The maximum atomic E-state index is 9.07. The summed E-state index contributed by atoms with van der Waals surface area (Å²) in [6.45, 7) is 11.0. The minimum absolute atomic E-state index is 0.00124. The Bertz CT molecular complexity index is 413. The van der Waals surface area contributed by atoms with Crippen LogP contribution in [0.3, 0.4) is 0 Å². The van der Waals surface area contributed by atoms with Gasteiger partial charge in [-0.25, -0.2) is 0 Å². The van der Waals surface area contributed by atoms with Crippen molar-refractivity contribution in [3.8, 4) is 0 Å². The molecule has 0 aliphatic heterocycles. The molecule has 0 aromatic heterocycles. The standard InChI is InChI=1S/C15H25ClO2Si/c1-15(2,3)14(18-19(4)5)12-10-11(8-9-17)6-7-13(12)16/h6-7,10,14,17,19H,8-9H2,1-5H3. The van der Waals surface area contributed by atoms with E-state index in [-0.39, 0.29) is 18.1 Å². The van der Waals surface area contributed by atoms with Gasteiger partial charge in [0.05, 0.1) is 6.10 Å². The fraction of sp³-hybridized carbons (Fsp3) is 0.600. The highest BCUT2D eigenvalue weighted by atomic mass is 35.5. The lowest BCUT2D eigenvalue weighted by molar-refractivity contribution is 0.0866. The molecule has 0 aliphatic carbocycles. The Morgan fingerprint density at radius 2 is 1.95 bits per heavy atom. The van der Waals surface area contributed by atoms with Gasteiger partial charge >= 0.3 is 0 Å². The van der Waals surface area contributed by atoms with Gasteiger partial charge in [0.2, 0.25) is 0 Å². The molecule has 0 aliphatic rings. The van der Waals surface area contributed by atoms with Crippen molar-refractivity contribution in [2.45, 2.75) is 46.4 Å². The third kappa shape index (κ3) is 4.92. The van der Waals surface area contributed by atoms with Crippen LogP contribution in [0, 0.1) is 5.41 Å². The molecular weight excluding hydrogens is 276 g/mol. The molecule has 4 heteroatoms. The van der Waals surface area contributed by atoms with Crippen molar-refractivity contribution in [2.24, 2.45) is 5.41 Å². The van der Waals surface area contributed by atoms with Gasteiger partial charge in [-0.3, -0.25) is 0 Å². The Balaban J connectivity index is 3.17. The highest BCUT2D eigenvalue weighted by molar-refractivity contribution is 6.48. The average Bonchev–Trinajstić information content (AvgIpc) is 2.27. The monoisotopic (exact) mass is 300 g/mol. The summed E-state index contributed by atoms with van der Waals surface area (Å²) in [5.41, 5.74) is 2.14. The first kappa shape index (κ1) is 16.7. The molecule has 19 heavy (non-hydrogen) atoms. The fourth-order valence-electron chi connectivity index (χ4n) is 2.09. The van der Waals surface area contributed by atoms with Crippen molar-refractivity contribution in [1.29, 1.82) is 0 Å². The molecule has 0 spiro atoms. The predicted octanol–water partition coefficient (Wildman–Crippen LogP) is 3.96. The first-order chi connectivity index (χ1) is 8.75. The Hall–Kier alpha value is -0.353. The molecule has 0 bridgehead atoms. The quantitative estimate of drug-likeness (QED) is 0.834. The van der Waals surface area contributed by atoms with E-state index < -0.39 is 9.04 Å². The Morgan fingerprint density at radius 1 is 1.32 bits per heavy atom. The van der Waals surface area contributed by atoms with Gasteiger partial charge in [-0.1, -0.05) is 44.5 Å². The first-order valence-corrected chi connectivity index (χ1v) is 9.96. The first-order valence-electron chi connectivity index (χ1n) is 6.80. The van der Waals surface area contributed by atoms with E-state index in [2.05, 4.69) is 39.9 Å².